The number of hydrogen-bond donors (Lipinski definition) is 1. The van der Waals surface area contributed by atoms with Crippen LogP contribution < -0.4 is 0 Å². The fourth-order valence-corrected chi connectivity index (χ4v) is 1.41. The average Bonchev–Trinajstić information content (AvgIpc) is 2.19. The zero-order valence-electron chi connectivity index (χ0n) is 9.01. The number of esters is 1. The van der Waals surface area contributed by atoms with E-state index in [0.29, 0.717) is 5.56 Å². The zero-order chi connectivity index (χ0) is 13.1. The summed E-state index contributed by atoms with van der Waals surface area (Å²) in [6, 6.07) is 3.91. The van der Waals surface area contributed by atoms with Crippen molar-refractivity contribution < 1.29 is 26.9 Å². The molecule has 5 nitrogen and oxygen atoms in total. The molecule has 7 heteroatoms. The van der Waals surface area contributed by atoms with E-state index in [2.05, 4.69) is 4.74 Å². The van der Waals surface area contributed by atoms with Crippen LogP contribution in [0.5, 0.6) is 0 Å². The van der Waals surface area contributed by atoms with E-state index in [0.717, 1.165) is 6.07 Å². The molecule has 0 aliphatic carbocycles. The van der Waals surface area contributed by atoms with Crippen molar-refractivity contribution in [3.05, 3.63) is 35.1 Å². The van der Waals surface area contributed by atoms with Crippen molar-refractivity contribution in [3.63, 3.8) is 0 Å². The lowest BCUT2D eigenvalue weighted by Crippen LogP contribution is -2.15. The van der Waals surface area contributed by atoms with Gasteiger partial charge in [-0.05, 0) is 19.1 Å². The van der Waals surface area contributed by atoms with E-state index >= 15 is 0 Å². The molecule has 0 radical (unpaired) electrons. The molecule has 0 aliphatic rings. The molecule has 0 fully saturated rings. The van der Waals surface area contributed by atoms with E-state index in [4.69, 9.17) is 4.55 Å². The van der Waals surface area contributed by atoms with E-state index < -0.39 is 34.3 Å². The standard InChI is InChI=1S/C10H11FO5S/c1-7-2-3-9(11)8(6-7)10(12)16-4-5-17(13,14)15/h2-3,6H,4-5H2,1H3,(H,13,14,15). The van der Waals surface area contributed by atoms with Crippen molar-refractivity contribution in [3.8, 4) is 0 Å². The molecule has 1 aromatic rings. The van der Waals surface area contributed by atoms with Crippen LogP contribution in [-0.4, -0.2) is 31.3 Å². The topological polar surface area (TPSA) is 80.7 Å². The van der Waals surface area contributed by atoms with Crippen LogP contribution in [0.1, 0.15) is 15.9 Å². The monoisotopic (exact) mass is 262 g/mol. The molecular formula is C10H11FO5S. The van der Waals surface area contributed by atoms with Crippen molar-refractivity contribution in [2.45, 2.75) is 6.92 Å². The second-order valence-electron chi connectivity index (χ2n) is 3.41. The van der Waals surface area contributed by atoms with Gasteiger partial charge in [0.25, 0.3) is 10.1 Å². The number of carbonyl (C=O) groups is 1. The molecule has 0 bridgehead atoms. The first-order valence-corrected chi connectivity index (χ1v) is 6.29. The van der Waals surface area contributed by atoms with E-state index in [9.17, 15) is 17.6 Å². The SMILES string of the molecule is Cc1ccc(F)c(C(=O)OCCS(=O)(=O)O)c1. The number of rotatable bonds is 4. The van der Waals surface area contributed by atoms with Crippen molar-refractivity contribution in [2.75, 3.05) is 12.4 Å². The largest absolute Gasteiger partial charge is 0.461 e. The van der Waals surface area contributed by atoms with Gasteiger partial charge in [-0.2, -0.15) is 8.42 Å². The molecule has 0 atom stereocenters. The summed E-state index contributed by atoms with van der Waals surface area (Å²) < 4.78 is 46.9. The van der Waals surface area contributed by atoms with Gasteiger partial charge in [-0.25, -0.2) is 9.18 Å². The summed E-state index contributed by atoms with van der Waals surface area (Å²) in [5, 5.41) is 0. The molecule has 1 rings (SSSR count). The Kier molecular flexibility index (Phi) is 4.19. The van der Waals surface area contributed by atoms with E-state index in [1.54, 1.807) is 6.92 Å². The van der Waals surface area contributed by atoms with Crippen LogP contribution in [0.25, 0.3) is 0 Å². The normalized spacial score (nSPS) is 11.2. The molecule has 0 saturated carbocycles. The Balaban J connectivity index is 2.67. The van der Waals surface area contributed by atoms with Crippen LogP contribution in [0.2, 0.25) is 0 Å². The molecule has 0 aromatic heterocycles. The molecule has 0 saturated heterocycles. The molecule has 0 heterocycles. The highest BCUT2D eigenvalue weighted by Crippen LogP contribution is 2.11. The van der Waals surface area contributed by atoms with Crippen LogP contribution in [0.4, 0.5) is 4.39 Å². The zero-order valence-corrected chi connectivity index (χ0v) is 9.83. The van der Waals surface area contributed by atoms with Crippen LogP contribution >= 0.6 is 0 Å². The van der Waals surface area contributed by atoms with Crippen molar-refractivity contribution in [1.82, 2.24) is 0 Å². The molecular weight excluding hydrogens is 251 g/mol. The number of benzene rings is 1. The lowest BCUT2D eigenvalue weighted by Gasteiger charge is -2.05. The van der Waals surface area contributed by atoms with Gasteiger partial charge in [-0.1, -0.05) is 11.6 Å². The lowest BCUT2D eigenvalue weighted by molar-refractivity contribution is 0.0523. The maximum Gasteiger partial charge on any atom is 0.341 e. The van der Waals surface area contributed by atoms with Gasteiger partial charge in [0, 0.05) is 0 Å². The third-order valence-corrected chi connectivity index (χ3v) is 2.60. The number of halogens is 1. The number of hydrogen-bond acceptors (Lipinski definition) is 4. The Morgan fingerprint density at radius 1 is 1.47 bits per heavy atom. The minimum atomic E-state index is -4.19. The van der Waals surface area contributed by atoms with Gasteiger partial charge in [-0.15, -0.1) is 0 Å². The van der Waals surface area contributed by atoms with Gasteiger partial charge in [0.15, 0.2) is 0 Å². The second-order valence-corrected chi connectivity index (χ2v) is 4.98. The Morgan fingerprint density at radius 3 is 2.71 bits per heavy atom. The van der Waals surface area contributed by atoms with Crippen LogP contribution in [0.3, 0.4) is 0 Å². The van der Waals surface area contributed by atoms with Crippen LogP contribution in [-0.2, 0) is 14.9 Å². The van der Waals surface area contributed by atoms with Gasteiger partial charge in [0.05, 0.1) is 5.56 Å². The average molecular weight is 262 g/mol. The van der Waals surface area contributed by atoms with Crippen LogP contribution in [0, 0.1) is 12.7 Å². The molecule has 17 heavy (non-hydrogen) atoms. The molecule has 94 valence electrons. The van der Waals surface area contributed by atoms with Crippen molar-refractivity contribution >= 4 is 16.1 Å². The Labute approximate surface area is 98.0 Å². The first-order valence-electron chi connectivity index (χ1n) is 4.68. The van der Waals surface area contributed by atoms with Crippen molar-refractivity contribution in [1.29, 1.82) is 0 Å². The minimum Gasteiger partial charge on any atom is -0.461 e. The molecule has 1 aromatic carbocycles. The van der Waals surface area contributed by atoms with E-state index in [1.807, 2.05) is 0 Å². The summed E-state index contributed by atoms with van der Waals surface area (Å²) in [4.78, 5) is 11.4. The molecule has 1 N–H and O–H groups in total. The van der Waals surface area contributed by atoms with Gasteiger partial charge >= 0.3 is 5.97 Å². The quantitative estimate of drug-likeness (QED) is 0.651. The summed E-state index contributed by atoms with van der Waals surface area (Å²) in [7, 11) is -4.19. The fraction of sp³-hybridized carbons (Fsp3) is 0.300. The second kappa shape index (κ2) is 5.24. The summed E-state index contributed by atoms with van der Waals surface area (Å²) >= 11 is 0. The first-order chi connectivity index (χ1) is 7.79. The highest BCUT2D eigenvalue weighted by atomic mass is 32.2. The Bertz CT molecular complexity index is 523. The van der Waals surface area contributed by atoms with E-state index in [1.165, 1.54) is 12.1 Å². The third-order valence-electron chi connectivity index (χ3n) is 1.92. The molecule has 0 amide bonds. The highest BCUT2D eigenvalue weighted by Gasteiger charge is 2.14. The highest BCUT2D eigenvalue weighted by molar-refractivity contribution is 7.85. The summed E-state index contributed by atoms with van der Waals surface area (Å²) in [5.41, 5.74) is 0.411. The minimum absolute atomic E-state index is 0.264. The maximum absolute atomic E-state index is 13.2. The summed E-state index contributed by atoms with van der Waals surface area (Å²) in [5.74, 6) is -2.42. The van der Waals surface area contributed by atoms with Gasteiger partial charge in [0.2, 0.25) is 0 Å². The smallest absolute Gasteiger partial charge is 0.341 e. The number of aryl methyl sites for hydroxylation is 1. The maximum atomic E-state index is 13.2. The fourth-order valence-electron chi connectivity index (χ4n) is 1.11. The number of ether oxygens (including phenoxy) is 1. The molecule has 0 unspecified atom stereocenters. The summed E-state index contributed by atoms with van der Waals surface area (Å²) in [6.45, 7) is 1.15. The summed E-state index contributed by atoms with van der Waals surface area (Å²) in [6.07, 6.45) is 0. The van der Waals surface area contributed by atoms with E-state index in [-0.39, 0.29) is 5.56 Å². The first kappa shape index (κ1) is 13.6. The Hall–Kier alpha value is -1.47. The molecule has 0 aliphatic heterocycles. The lowest BCUT2D eigenvalue weighted by atomic mass is 10.1. The molecule has 0 spiro atoms. The van der Waals surface area contributed by atoms with Gasteiger partial charge in [0.1, 0.15) is 18.2 Å². The predicted octanol–water partition coefficient (Wildman–Crippen LogP) is 1.18. The predicted molar refractivity (Wildman–Crippen MR) is 57.8 cm³/mol. The van der Waals surface area contributed by atoms with Crippen LogP contribution in [0.15, 0.2) is 18.2 Å². The van der Waals surface area contributed by atoms with Gasteiger partial charge in [-0.3, -0.25) is 4.55 Å². The Morgan fingerprint density at radius 2 is 2.12 bits per heavy atom. The van der Waals surface area contributed by atoms with Gasteiger partial charge < -0.3 is 4.74 Å². The third kappa shape index (κ3) is 4.49. The number of carbonyl (C=O) groups excluding carboxylic acids is 1. The van der Waals surface area contributed by atoms with Crippen molar-refractivity contribution in [2.24, 2.45) is 0 Å².